The molecule has 112 valence electrons. The first kappa shape index (κ1) is 15.5. The molecule has 2 rings (SSSR count). The van der Waals surface area contributed by atoms with Crippen LogP contribution in [0.2, 0.25) is 0 Å². The lowest BCUT2D eigenvalue weighted by Gasteiger charge is -2.43. The Hall–Kier alpha value is -0.900. The lowest BCUT2D eigenvalue weighted by Crippen LogP contribution is -2.52. The maximum Gasteiger partial charge on any atom is 0.0777 e. The fraction of sp³-hybridized carbons (Fsp3) is 0.647. The summed E-state index contributed by atoms with van der Waals surface area (Å²) in [4.78, 5) is 2.51. The van der Waals surface area contributed by atoms with Crippen LogP contribution in [0.3, 0.4) is 0 Å². The third kappa shape index (κ3) is 3.40. The molecule has 2 unspecified atom stereocenters. The van der Waals surface area contributed by atoms with Gasteiger partial charge in [-0.05, 0) is 31.9 Å². The quantitative estimate of drug-likeness (QED) is 0.897. The van der Waals surface area contributed by atoms with Gasteiger partial charge in [0.15, 0.2) is 0 Å². The molecule has 0 saturated carbocycles. The van der Waals surface area contributed by atoms with Crippen LogP contribution in [0.1, 0.15) is 32.3 Å². The lowest BCUT2D eigenvalue weighted by molar-refractivity contribution is -0.0544. The molecule has 1 aromatic rings. The molecule has 0 aliphatic carbocycles. The van der Waals surface area contributed by atoms with Crippen LogP contribution >= 0.6 is 0 Å². The van der Waals surface area contributed by atoms with Crippen molar-refractivity contribution in [1.29, 1.82) is 0 Å². The molecule has 1 aliphatic heterocycles. The van der Waals surface area contributed by atoms with E-state index >= 15 is 0 Å². The van der Waals surface area contributed by atoms with E-state index in [1.54, 1.807) is 0 Å². The average molecular weight is 276 g/mol. The van der Waals surface area contributed by atoms with Gasteiger partial charge in [-0.1, -0.05) is 37.3 Å². The molecule has 0 spiro atoms. The molecule has 1 heterocycles. The van der Waals surface area contributed by atoms with Crippen molar-refractivity contribution in [3.8, 4) is 0 Å². The predicted octanol–water partition coefficient (Wildman–Crippen LogP) is 2.40. The summed E-state index contributed by atoms with van der Waals surface area (Å²) in [7, 11) is 1.82. The van der Waals surface area contributed by atoms with Gasteiger partial charge in [0.25, 0.3) is 0 Å². The first-order chi connectivity index (χ1) is 9.51. The van der Waals surface area contributed by atoms with Crippen molar-refractivity contribution in [2.45, 2.75) is 37.7 Å². The van der Waals surface area contributed by atoms with Crippen LogP contribution in [0.4, 0.5) is 0 Å². The summed E-state index contributed by atoms with van der Waals surface area (Å²) < 4.78 is 5.69. The van der Waals surface area contributed by atoms with E-state index < -0.39 is 0 Å². The van der Waals surface area contributed by atoms with E-state index in [0.29, 0.717) is 6.54 Å². The van der Waals surface area contributed by atoms with Gasteiger partial charge in [-0.3, -0.25) is 4.90 Å². The number of methoxy groups -OCH3 is 1. The highest BCUT2D eigenvalue weighted by Gasteiger charge is 2.35. The van der Waals surface area contributed by atoms with Crippen molar-refractivity contribution in [1.82, 2.24) is 4.90 Å². The maximum absolute atomic E-state index is 6.10. The van der Waals surface area contributed by atoms with E-state index in [-0.39, 0.29) is 11.0 Å². The number of hydrogen-bond acceptors (Lipinski definition) is 3. The Kier molecular flexibility index (Phi) is 4.84. The highest BCUT2D eigenvalue weighted by molar-refractivity contribution is 5.25. The minimum absolute atomic E-state index is 0.00719. The van der Waals surface area contributed by atoms with E-state index in [1.165, 1.54) is 12.0 Å². The fourth-order valence-electron chi connectivity index (χ4n) is 3.22. The van der Waals surface area contributed by atoms with Gasteiger partial charge in [-0.15, -0.1) is 0 Å². The van der Waals surface area contributed by atoms with Crippen molar-refractivity contribution in [3.63, 3.8) is 0 Å². The van der Waals surface area contributed by atoms with E-state index in [2.05, 4.69) is 49.1 Å². The van der Waals surface area contributed by atoms with Crippen LogP contribution in [0.5, 0.6) is 0 Å². The van der Waals surface area contributed by atoms with Crippen molar-refractivity contribution in [2.24, 2.45) is 5.73 Å². The van der Waals surface area contributed by atoms with Gasteiger partial charge in [0.1, 0.15) is 0 Å². The standard InChI is InChI=1S/C17H28N2O/c1-16(12-18,15-8-5-4-6-9-15)13-19-11-7-10-17(2,14-19)20-3/h4-6,8-9H,7,10-14,18H2,1-3H3. The normalized spacial score (nSPS) is 27.2. The Bertz CT molecular complexity index is 422. The van der Waals surface area contributed by atoms with Gasteiger partial charge in [0.05, 0.1) is 5.60 Å². The number of nitrogens with zero attached hydrogens (tertiary/aromatic N) is 1. The molecule has 1 fully saturated rings. The number of piperidine rings is 1. The van der Waals surface area contributed by atoms with Crippen LogP contribution < -0.4 is 5.73 Å². The Labute approximate surface area is 123 Å². The van der Waals surface area contributed by atoms with Gasteiger partial charge >= 0.3 is 0 Å². The molecule has 0 aromatic heterocycles. The molecule has 3 nitrogen and oxygen atoms in total. The SMILES string of the molecule is COC1(C)CCCN(CC(C)(CN)c2ccccc2)C1. The largest absolute Gasteiger partial charge is 0.377 e. The van der Waals surface area contributed by atoms with Gasteiger partial charge in [0, 0.05) is 32.2 Å². The van der Waals surface area contributed by atoms with Crippen molar-refractivity contribution in [2.75, 3.05) is 33.3 Å². The second-order valence-electron chi connectivity index (χ2n) is 6.60. The average Bonchev–Trinajstić information content (AvgIpc) is 2.48. The second-order valence-corrected chi connectivity index (χ2v) is 6.60. The number of nitrogens with two attached hydrogens (primary N) is 1. The van der Waals surface area contributed by atoms with Crippen LogP contribution in [0, 0.1) is 0 Å². The van der Waals surface area contributed by atoms with Crippen LogP contribution in [0.15, 0.2) is 30.3 Å². The van der Waals surface area contributed by atoms with Crippen LogP contribution in [-0.2, 0) is 10.2 Å². The zero-order valence-corrected chi connectivity index (χ0v) is 13.1. The molecule has 20 heavy (non-hydrogen) atoms. The highest BCUT2D eigenvalue weighted by atomic mass is 16.5. The van der Waals surface area contributed by atoms with Gasteiger partial charge in [-0.2, -0.15) is 0 Å². The minimum atomic E-state index is -0.00948. The third-order valence-corrected chi connectivity index (χ3v) is 4.72. The molecule has 0 bridgehead atoms. The summed E-state index contributed by atoms with van der Waals surface area (Å²) in [5, 5.41) is 0. The summed E-state index contributed by atoms with van der Waals surface area (Å²) in [6.07, 6.45) is 2.34. The molecule has 3 heteroatoms. The molecule has 0 radical (unpaired) electrons. The number of rotatable bonds is 5. The fourth-order valence-corrected chi connectivity index (χ4v) is 3.22. The van der Waals surface area contributed by atoms with E-state index in [9.17, 15) is 0 Å². The zero-order chi connectivity index (χ0) is 14.6. The Balaban J connectivity index is 2.10. The Morgan fingerprint density at radius 3 is 2.65 bits per heavy atom. The van der Waals surface area contributed by atoms with Crippen molar-refractivity contribution < 1.29 is 4.74 Å². The summed E-state index contributed by atoms with van der Waals surface area (Å²) in [5.74, 6) is 0. The summed E-state index contributed by atoms with van der Waals surface area (Å²) in [6, 6.07) is 10.6. The van der Waals surface area contributed by atoms with Crippen molar-refractivity contribution in [3.05, 3.63) is 35.9 Å². The molecule has 0 amide bonds. The minimum Gasteiger partial charge on any atom is -0.377 e. The second kappa shape index (κ2) is 6.25. The molecular weight excluding hydrogens is 248 g/mol. The molecule has 2 atom stereocenters. The topological polar surface area (TPSA) is 38.5 Å². The van der Waals surface area contributed by atoms with Gasteiger partial charge in [-0.25, -0.2) is 0 Å². The number of ether oxygens (including phenoxy) is 1. The maximum atomic E-state index is 6.10. The molecular formula is C17H28N2O. The number of benzene rings is 1. The smallest absolute Gasteiger partial charge is 0.0777 e. The molecule has 2 N–H and O–H groups in total. The predicted molar refractivity (Wildman–Crippen MR) is 83.9 cm³/mol. The first-order valence-electron chi connectivity index (χ1n) is 7.54. The van der Waals surface area contributed by atoms with Gasteiger partial charge < -0.3 is 10.5 Å². The van der Waals surface area contributed by atoms with E-state index in [1.807, 2.05) is 7.11 Å². The third-order valence-electron chi connectivity index (χ3n) is 4.72. The van der Waals surface area contributed by atoms with E-state index in [0.717, 1.165) is 26.1 Å². The Morgan fingerprint density at radius 2 is 2.05 bits per heavy atom. The van der Waals surface area contributed by atoms with Crippen LogP contribution in [0.25, 0.3) is 0 Å². The summed E-state index contributed by atoms with van der Waals surface area (Å²) in [5.41, 5.74) is 7.42. The molecule has 1 aliphatic rings. The van der Waals surface area contributed by atoms with Gasteiger partial charge in [0.2, 0.25) is 0 Å². The summed E-state index contributed by atoms with van der Waals surface area (Å²) >= 11 is 0. The zero-order valence-electron chi connectivity index (χ0n) is 13.1. The van der Waals surface area contributed by atoms with Crippen LogP contribution in [-0.4, -0.2) is 43.8 Å². The lowest BCUT2D eigenvalue weighted by atomic mass is 9.81. The Morgan fingerprint density at radius 1 is 1.35 bits per heavy atom. The molecule has 1 aromatic carbocycles. The number of likely N-dealkylation sites (tertiary alicyclic amines) is 1. The summed E-state index contributed by atoms with van der Waals surface area (Å²) in [6.45, 7) is 8.26. The molecule has 1 saturated heterocycles. The highest BCUT2D eigenvalue weighted by Crippen LogP contribution is 2.29. The first-order valence-corrected chi connectivity index (χ1v) is 7.54. The van der Waals surface area contributed by atoms with E-state index in [4.69, 9.17) is 10.5 Å². The number of hydrogen-bond donors (Lipinski definition) is 1. The van der Waals surface area contributed by atoms with Crippen molar-refractivity contribution >= 4 is 0 Å². The monoisotopic (exact) mass is 276 g/mol.